The Balaban J connectivity index is 1.79. The van der Waals surface area contributed by atoms with Crippen molar-refractivity contribution in [1.29, 1.82) is 0 Å². The van der Waals surface area contributed by atoms with Gasteiger partial charge in [-0.05, 0) is 37.2 Å². The number of nitrogens with two attached hydrogens (primary N) is 2. The number of β-lactam (4-membered cyclic amide) rings is 1. The SMILES string of the molecule is NC(=S)N=C(N)/C(=N\O)C(=O)NC1C(=O)N2C(C(=O)O)=C(Sc3cccnc3CSCCI)CCC12. The topological polar surface area (TPSA) is 197 Å². The molecule has 2 unspecified atom stereocenters. The Labute approximate surface area is 233 Å². The molecule has 1 fully saturated rings. The van der Waals surface area contributed by atoms with Gasteiger partial charge in [0.15, 0.2) is 10.9 Å². The molecule has 0 bridgehead atoms. The Morgan fingerprint density at radius 1 is 1.39 bits per heavy atom. The minimum atomic E-state index is -1.24. The van der Waals surface area contributed by atoms with Crippen molar-refractivity contribution in [3.8, 4) is 0 Å². The number of hydrogen-bond donors (Lipinski definition) is 5. The number of carboxylic acids is 1. The quantitative estimate of drug-likeness (QED) is 0.0276. The maximum absolute atomic E-state index is 12.9. The molecule has 1 aromatic heterocycles. The van der Waals surface area contributed by atoms with Crippen molar-refractivity contribution >= 4 is 92.8 Å². The number of aromatic nitrogens is 1. The van der Waals surface area contributed by atoms with Crippen LogP contribution in [0.15, 0.2) is 44.0 Å². The van der Waals surface area contributed by atoms with Crippen molar-refractivity contribution in [1.82, 2.24) is 15.2 Å². The molecule has 0 spiro atoms. The first-order chi connectivity index (χ1) is 17.2. The highest BCUT2D eigenvalue weighted by Gasteiger charge is 2.53. The predicted octanol–water partition coefficient (Wildman–Crippen LogP) is 1.06. The summed E-state index contributed by atoms with van der Waals surface area (Å²) in [4.78, 5) is 48.1. The highest BCUT2D eigenvalue weighted by Crippen LogP contribution is 2.43. The second kappa shape index (κ2) is 12.7. The number of aliphatic imine (C=N–C) groups is 1. The molecule has 1 aromatic rings. The van der Waals surface area contributed by atoms with Gasteiger partial charge < -0.3 is 27.1 Å². The van der Waals surface area contributed by atoms with Gasteiger partial charge in [-0.2, -0.15) is 11.8 Å². The molecule has 2 aliphatic heterocycles. The second-order valence-electron chi connectivity index (χ2n) is 7.42. The van der Waals surface area contributed by atoms with Crippen LogP contribution in [0.3, 0.4) is 0 Å². The number of carbonyl (C=O) groups excluding carboxylic acids is 2. The fourth-order valence-corrected chi connectivity index (χ4v) is 6.66. The molecule has 2 aliphatic rings. The minimum Gasteiger partial charge on any atom is -0.477 e. The maximum atomic E-state index is 12.9. The molecule has 0 aliphatic carbocycles. The number of thiocarbonyl (C=S) groups is 1. The van der Waals surface area contributed by atoms with Gasteiger partial charge in [0.05, 0.1) is 11.7 Å². The predicted molar refractivity (Wildman–Crippen MR) is 149 cm³/mol. The zero-order chi connectivity index (χ0) is 26.4. The van der Waals surface area contributed by atoms with E-state index in [0.717, 1.165) is 20.8 Å². The van der Waals surface area contributed by atoms with Crippen LogP contribution in [0.1, 0.15) is 18.5 Å². The number of amidine groups is 1. The number of thioether (sulfide) groups is 2. The molecule has 192 valence electrons. The number of pyridine rings is 1. The van der Waals surface area contributed by atoms with Crippen molar-refractivity contribution in [2.75, 3.05) is 10.2 Å². The van der Waals surface area contributed by atoms with Crippen LogP contribution < -0.4 is 16.8 Å². The average Bonchev–Trinajstić information content (AvgIpc) is 2.83. The summed E-state index contributed by atoms with van der Waals surface area (Å²) >= 11 is 9.92. The van der Waals surface area contributed by atoms with Crippen LogP contribution >= 0.6 is 58.3 Å². The normalized spacial score (nSPS) is 20.0. The minimum absolute atomic E-state index is 0.118. The Hall–Kier alpha value is -2.44. The lowest BCUT2D eigenvalue weighted by molar-refractivity contribution is -0.155. The van der Waals surface area contributed by atoms with Crippen LogP contribution in [0, 0.1) is 0 Å². The molecule has 0 radical (unpaired) electrons. The summed E-state index contributed by atoms with van der Waals surface area (Å²) in [5.41, 5.74) is 10.9. The Morgan fingerprint density at radius 3 is 2.78 bits per heavy atom. The molecule has 16 heteroatoms. The number of hydrogen-bond acceptors (Lipinski definition) is 9. The lowest BCUT2D eigenvalue weighted by Crippen LogP contribution is -2.72. The van der Waals surface area contributed by atoms with Gasteiger partial charge in [-0.3, -0.25) is 19.5 Å². The van der Waals surface area contributed by atoms with Crippen LogP contribution in [-0.2, 0) is 20.1 Å². The van der Waals surface area contributed by atoms with Gasteiger partial charge in [0.1, 0.15) is 11.7 Å². The molecule has 0 aromatic carbocycles. The zero-order valence-electron chi connectivity index (χ0n) is 18.6. The number of carbonyl (C=O) groups is 3. The number of oxime groups is 1. The summed E-state index contributed by atoms with van der Waals surface area (Å²) in [7, 11) is 0. The van der Waals surface area contributed by atoms with E-state index in [1.165, 1.54) is 16.7 Å². The number of alkyl halides is 1. The number of nitrogens with one attached hydrogen (secondary N) is 1. The van der Waals surface area contributed by atoms with Crippen molar-refractivity contribution in [2.24, 2.45) is 21.6 Å². The van der Waals surface area contributed by atoms with Crippen LogP contribution in [0.25, 0.3) is 0 Å². The number of nitrogens with zero attached hydrogens (tertiary/aromatic N) is 4. The molecule has 3 rings (SSSR count). The van der Waals surface area contributed by atoms with E-state index in [4.69, 9.17) is 16.7 Å². The van der Waals surface area contributed by atoms with Crippen molar-refractivity contribution in [3.63, 3.8) is 0 Å². The first-order valence-corrected chi connectivity index (χ1v) is 14.3. The van der Waals surface area contributed by atoms with Gasteiger partial charge in [-0.15, -0.1) is 0 Å². The number of halogens is 1. The standard InChI is InChI=1S/C20H22IN7O5S3/c21-5-7-35-8-9-11(2-1-6-24-9)36-12-4-3-10-13(18(30)28(10)15(12)19(31)32)25-17(29)14(27-33)16(22)26-20(23)34/h1-2,6,10,13,33H,3-5,7-8H2,(H,25,29)(H,31,32)(H4,22,23,26,34)/b27-14+. The van der Waals surface area contributed by atoms with E-state index in [0.29, 0.717) is 23.5 Å². The van der Waals surface area contributed by atoms with E-state index in [9.17, 15) is 19.5 Å². The number of carboxylic acid groups (broad SMARTS) is 1. The summed E-state index contributed by atoms with van der Waals surface area (Å²) in [6.45, 7) is 0. The van der Waals surface area contributed by atoms with E-state index in [1.807, 2.05) is 6.07 Å². The summed E-state index contributed by atoms with van der Waals surface area (Å²) in [6.07, 6.45) is 2.49. The summed E-state index contributed by atoms with van der Waals surface area (Å²) in [5, 5.41) is 24.0. The number of allylic oxidation sites excluding steroid dienone is 1. The van der Waals surface area contributed by atoms with Crippen molar-refractivity contribution < 1.29 is 24.7 Å². The highest BCUT2D eigenvalue weighted by molar-refractivity contribution is 14.1. The van der Waals surface area contributed by atoms with E-state index in [2.05, 4.69) is 55.3 Å². The molecule has 12 nitrogen and oxygen atoms in total. The van der Waals surface area contributed by atoms with E-state index >= 15 is 0 Å². The fourth-order valence-electron chi connectivity index (χ4n) is 3.70. The molecule has 36 heavy (non-hydrogen) atoms. The Kier molecular flexibility index (Phi) is 9.92. The molecular formula is C20H22IN7O5S3. The van der Waals surface area contributed by atoms with Gasteiger partial charge in [-0.25, -0.2) is 9.79 Å². The third-order valence-electron chi connectivity index (χ3n) is 5.21. The number of amides is 2. The summed E-state index contributed by atoms with van der Waals surface area (Å²) in [5.74, 6) is -1.68. The monoisotopic (exact) mass is 663 g/mol. The highest BCUT2D eigenvalue weighted by atomic mass is 127. The number of fused-ring (bicyclic) bond motifs is 1. The first-order valence-electron chi connectivity index (χ1n) is 10.4. The van der Waals surface area contributed by atoms with Gasteiger partial charge >= 0.3 is 5.97 Å². The molecular weight excluding hydrogens is 641 g/mol. The third-order valence-corrected chi connectivity index (χ3v) is 8.78. The molecule has 2 amide bonds. The van der Waals surface area contributed by atoms with E-state index in [-0.39, 0.29) is 10.8 Å². The van der Waals surface area contributed by atoms with Crippen molar-refractivity contribution in [3.05, 3.63) is 34.6 Å². The Bertz CT molecular complexity index is 1180. The van der Waals surface area contributed by atoms with Gasteiger partial charge in [0.25, 0.3) is 11.8 Å². The van der Waals surface area contributed by atoms with Gasteiger partial charge in [0.2, 0.25) is 5.71 Å². The fraction of sp³-hybridized carbons (Fsp3) is 0.350. The van der Waals surface area contributed by atoms with E-state index in [1.54, 1.807) is 24.0 Å². The maximum Gasteiger partial charge on any atom is 0.353 e. The molecule has 1 saturated heterocycles. The number of aliphatic carboxylic acids is 1. The van der Waals surface area contributed by atoms with Crippen molar-refractivity contribution in [2.45, 2.75) is 35.6 Å². The van der Waals surface area contributed by atoms with Crippen LogP contribution in [0.4, 0.5) is 0 Å². The summed E-state index contributed by atoms with van der Waals surface area (Å²) in [6, 6.07) is 2.06. The van der Waals surface area contributed by atoms with Gasteiger partial charge in [-0.1, -0.05) is 39.5 Å². The van der Waals surface area contributed by atoms with Crippen LogP contribution in [-0.4, -0.2) is 76.9 Å². The molecule has 2 atom stereocenters. The van der Waals surface area contributed by atoms with Gasteiger partial charge in [0, 0.05) is 31.9 Å². The molecule has 0 saturated carbocycles. The van der Waals surface area contributed by atoms with E-state index < -0.39 is 41.4 Å². The molecule has 3 heterocycles. The summed E-state index contributed by atoms with van der Waals surface area (Å²) < 4.78 is 1.01. The smallest absolute Gasteiger partial charge is 0.353 e. The first kappa shape index (κ1) is 28.1. The van der Waals surface area contributed by atoms with Crippen LogP contribution in [0.5, 0.6) is 0 Å². The van der Waals surface area contributed by atoms with Crippen LogP contribution in [0.2, 0.25) is 0 Å². The largest absolute Gasteiger partial charge is 0.477 e. The second-order valence-corrected chi connectivity index (χ2v) is 11.2. The average molecular weight is 664 g/mol. The Morgan fingerprint density at radius 2 is 2.14 bits per heavy atom. The lowest BCUT2D eigenvalue weighted by Gasteiger charge is -2.50. The molecule has 7 N–H and O–H groups in total. The lowest BCUT2D eigenvalue weighted by atomic mass is 9.86. The number of rotatable bonds is 10. The zero-order valence-corrected chi connectivity index (χ0v) is 23.2. The third kappa shape index (κ3) is 6.27.